The van der Waals surface area contributed by atoms with E-state index in [-0.39, 0.29) is 0 Å². The Bertz CT molecular complexity index is 432. The Morgan fingerprint density at radius 2 is 2.43 bits per heavy atom. The lowest BCUT2D eigenvalue weighted by Crippen LogP contribution is -2.23. The van der Waals surface area contributed by atoms with Crippen LogP contribution in [0.15, 0.2) is 16.9 Å². The zero-order valence-corrected chi connectivity index (χ0v) is 7.58. The molecule has 72 valence electrons. The molecule has 5 heteroatoms. The molecular formula is C9H10N4O. The topological polar surface area (TPSA) is 66.7 Å². The number of rotatable bonds is 1. The molecule has 1 aliphatic rings. The summed E-state index contributed by atoms with van der Waals surface area (Å²) in [6.45, 7) is 1.84. The van der Waals surface area contributed by atoms with E-state index in [1.54, 1.807) is 12.5 Å². The summed E-state index contributed by atoms with van der Waals surface area (Å²) < 4.78 is 5.22. The van der Waals surface area contributed by atoms with Crippen LogP contribution in [0.2, 0.25) is 0 Å². The molecule has 2 aromatic heterocycles. The van der Waals surface area contributed by atoms with Crippen LogP contribution in [-0.2, 0) is 13.0 Å². The van der Waals surface area contributed by atoms with Crippen LogP contribution in [0.3, 0.4) is 0 Å². The fourth-order valence-electron chi connectivity index (χ4n) is 1.74. The molecule has 0 spiro atoms. The standard InChI is InChI=1S/C9H10N4O/c1-2-10-5-6-7(1)12-13-8(6)9-11-3-4-14-9/h3-4,10H,1-2,5H2,(H,12,13). The van der Waals surface area contributed by atoms with Crippen molar-refractivity contribution in [1.29, 1.82) is 0 Å². The molecule has 0 bridgehead atoms. The predicted molar refractivity (Wildman–Crippen MR) is 49.5 cm³/mol. The van der Waals surface area contributed by atoms with Crippen LogP contribution in [0.5, 0.6) is 0 Å². The highest BCUT2D eigenvalue weighted by molar-refractivity contribution is 5.54. The smallest absolute Gasteiger partial charge is 0.247 e. The van der Waals surface area contributed by atoms with Gasteiger partial charge in [0, 0.05) is 30.8 Å². The van der Waals surface area contributed by atoms with Crippen molar-refractivity contribution in [1.82, 2.24) is 20.5 Å². The molecule has 2 aromatic rings. The number of oxazole rings is 1. The number of aromatic amines is 1. The van der Waals surface area contributed by atoms with E-state index in [4.69, 9.17) is 4.42 Å². The Hall–Kier alpha value is -1.62. The van der Waals surface area contributed by atoms with Gasteiger partial charge in [0.1, 0.15) is 6.26 Å². The van der Waals surface area contributed by atoms with Crippen molar-refractivity contribution >= 4 is 0 Å². The van der Waals surface area contributed by atoms with Gasteiger partial charge in [-0.05, 0) is 0 Å². The van der Waals surface area contributed by atoms with Crippen LogP contribution in [0.4, 0.5) is 0 Å². The van der Waals surface area contributed by atoms with Gasteiger partial charge in [-0.2, -0.15) is 5.10 Å². The summed E-state index contributed by atoms with van der Waals surface area (Å²) in [6, 6.07) is 0. The molecule has 0 radical (unpaired) electrons. The second-order valence-electron chi connectivity index (χ2n) is 3.29. The average Bonchev–Trinajstić information content (AvgIpc) is 2.85. The van der Waals surface area contributed by atoms with Gasteiger partial charge in [-0.25, -0.2) is 4.98 Å². The Morgan fingerprint density at radius 3 is 3.29 bits per heavy atom. The van der Waals surface area contributed by atoms with Crippen LogP contribution in [0.1, 0.15) is 11.3 Å². The van der Waals surface area contributed by atoms with Crippen LogP contribution < -0.4 is 5.32 Å². The fraction of sp³-hybridized carbons (Fsp3) is 0.333. The van der Waals surface area contributed by atoms with Crippen molar-refractivity contribution in [2.45, 2.75) is 13.0 Å². The molecule has 0 unspecified atom stereocenters. The van der Waals surface area contributed by atoms with Crippen LogP contribution in [0, 0.1) is 0 Å². The van der Waals surface area contributed by atoms with Gasteiger partial charge in [-0.1, -0.05) is 0 Å². The molecule has 0 fully saturated rings. The Kier molecular flexibility index (Phi) is 1.63. The van der Waals surface area contributed by atoms with E-state index in [1.165, 1.54) is 11.3 Å². The van der Waals surface area contributed by atoms with Crippen molar-refractivity contribution in [3.63, 3.8) is 0 Å². The summed E-state index contributed by atoms with van der Waals surface area (Å²) in [4.78, 5) is 4.09. The van der Waals surface area contributed by atoms with Gasteiger partial charge in [0.2, 0.25) is 5.89 Å². The minimum atomic E-state index is 0.589. The first kappa shape index (κ1) is 7.75. The molecule has 0 aliphatic carbocycles. The normalized spacial score (nSPS) is 15.4. The van der Waals surface area contributed by atoms with E-state index in [0.717, 1.165) is 25.2 Å². The van der Waals surface area contributed by atoms with Gasteiger partial charge in [0.15, 0.2) is 5.69 Å². The largest absolute Gasteiger partial charge is 0.443 e. The molecule has 5 nitrogen and oxygen atoms in total. The number of nitrogens with zero attached hydrogens (tertiary/aromatic N) is 2. The minimum Gasteiger partial charge on any atom is -0.443 e. The molecule has 0 saturated carbocycles. The Labute approximate surface area is 80.5 Å². The van der Waals surface area contributed by atoms with Crippen molar-refractivity contribution in [3.05, 3.63) is 23.7 Å². The summed E-state index contributed by atoms with van der Waals surface area (Å²) in [5.41, 5.74) is 3.20. The molecule has 0 aromatic carbocycles. The highest BCUT2D eigenvalue weighted by atomic mass is 16.3. The average molecular weight is 190 g/mol. The third-order valence-electron chi connectivity index (χ3n) is 2.44. The first-order valence-corrected chi connectivity index (χ1v) is 4.62. The lowest BCUT2D eigenvalue weighted by atomic mass is 10.1. The van der Waals surface area contributed by atoms with Gasteiger partial charge in [-0.15, -0.1) is 0 Å². The SMILES string of the molecule is c1coc(-c2n[nH]c3c2CNCC3)n1. The molecule has 3 heterocycles. The van der Waals surface area contributed by atoms with Gasteiger partial charge in [0.05, 0.1) is 6.20 Å². The lowest BCUT2D eigenvalue weighted by molar-refractivity contribution is 0.569. The molecule has 14 heavy (non-hydrogen) atoms. The zero-order valence-electron chi connectivity index (χ0n) is 7.58. The van der Waals surface area contributed by atoms with Gasteiger partial charge >= 0.3 is 0 Å². The molecule has 3 rings (SSSR count). The number of nitrogens with one attached hydrogen (secondary N) is 2. The number of aromatic nitrogens is 3. The monoisotopic (exact) mass is 190 g/mol. The van der Waals surface area contributed by atoms with Gasteiger partial charge in [0.25, 0.3) is 0 Å². The van der Waals surface area contributed by atoms with Crippen LogP contribution >= 0.6 is 0 Å². The molecular weight excluding hydrogens is 180 g/mol. The van der Waals surface area contributed by atoms with Crippen molar-refractivity contribution < 1.29 is 4.42 Å². The third kappa shape index (κ3) is 1.06. The number of fused-ring (bicyclic) bond motifs is 1. The first-order valence-electron chi connectivity index (χ1n) is 4.62. The second-order valence-corrected chi connectivity index (χ2v) is 3.29. The first-order chi connectivity index (χ1) is 6.95. The van der Waals surface area contributed by atoms with Crippen molar-refractivity contribution in [2.24, 2.45) is 0 Å². The van der Waals surface area contributed by atoms with Crippen molar-refractivity contribution in [3.8, 4) is 11.6 Å². The summed E-state index contributed by atoms with van der Waals surface area (Å²) in [5, 5.41) is 10.5. The lowest BCUT2D eigenvalue weighted by Gasteiger charge is -2.11. The van der Waals surface area contributed by atoms with E-state index in [2.05, 4.69) is 20.5 Å². The molecule has 1 aliphatic heterocycles. The van der Waals surface area contributed by atoms with Crippen LogP contribution in [0.25, 0.3) is 11.6 Å². The predicted octanol–water partition coefficient (Wildman–Crippen LogP) is 0.710. The van der Waals surface area contributed by atoms with E-state index in [9.17, 15) is 0 Å². The maximum Gasteiger partial charge on any atom is 0.247 e. The van der Waals surface area contributed by atoms with E-state index >= 15 is 0 Å². The summed E-state index contributed by atoms with van der Waals surface area (Å²) in [5.74, 6) is 0.589. The summed E-state index contributed by atoms with van der Waals surface area (Å²) in [6.07, 6.45) is 4.18. The third-order valence-corrected chi connectivity index (χ3v) is 2.44. The number of hydrogen-bond donors (Lipinski definition) is 2. The van der Waals surface area contributed by atoms with E-state index < -0.39 is 0 Å². The number of hydrogen-bond acceptors (Lipinski definition) is 4. The minimum absolute atomic E-state index is 0.589. The Balaban J connectivity index is 2.11. The summed E-state index contributed by atoms with van der Waals surface area (Å²) >= 11 is 0. The second kappa shape index (κ2) is 2.95. The highest BCUT2D eigenvalue weighted by Gasteiger charge is 2.19. The quantitative estimate of drug-likeness (QED) is 0.695. The highest BCUT2D eigenvalue weighted by Crippen LogP contribution is 2.23. The van der Waals surface area contributed by atoms with Gasteiger partial charge < -0.3 is 9.73 Å². The number of H-pyrrole nitrogens is 1. The van der Waals surface area contributed by atoms with E-state index in [1.807, 2.05) is 0 Å². The molecule has 2 N–H and O–H groups in total. The maximum atomic E-state index is 5.22. The van der Waals surface area contributed by atoms with Crippen LogP contribution in [-0.4, -0.2) is 21.7 Å². The van der Waals surface area contributed by atoms with Gasteiger partial charge in [-0.3, -0.25) is 5.10 Å². The summed E-state index contributed by atoms with van der Waals surface area (Å²) in [7, 11) is 0. The molecule has 0 saturated heterocycles. The molecule has 0 amide bonds. The molecule has 0 atom stereocenters. The Morgan fingerprint density at radius 1 is 1.43 bits per heavy atom. The maximum absolute atomic E-state index is 5.22. The fourth-order valence-corrected chi connectivity index (χ4v) is 1.74. The van der Waals surface area contributed by atoms with E-state index in [0.29, 0.717) is 5.89 Å². The zero-order chi connectivity index (χ0) is 9.38. The van der Waals surface area contributed by atoms with Crippen molar-refractivity contribution in [2.75, 3.05) is 6.54 Å².